The Labute approximate surface area is 69.1 Å². The van der Waals surface area contributed by atoms with Gasteiger partial charge in [-0.15, -0.1) is 5.06 Å². The summed E-state index contributed by atoms with van der Waals surface area (Å²) >= 11 is 4.57. The number of carbonyl (C=O) groups is 2. The molecule has 1 rings (SSSR count). The van der Waals surface area contributed by atoms with E-state index in [1.54, 1.807) is 0 Å². The number of hydrogen-bond donors (Lipinski definition) is 0. The molecule has 2 amide bonds. The average molecular weight is 173 g/mol. The van der Waals surface area contributed by atoms with E-state index in [2.05, 4.69) is 12.2 Å². The molecule has 0 bridgehead atoms. The molecule has 0 radical (unpaired) electrons. The molecule has 1 aliphatic heterocycles. The fraction of sp³-hybridized carbons (Fsp3) is 0.500. The van der Waals surface area contributed by atoms with E-state index in [0.717, 1.165) is 5.06 Å². The fourth-order valence-electron chi connectivity index (χ4n) is 0.786. The van der Waals surface area contributed by atoms with Gasteiger partial charge in [-0.25, -0.2) is 0 Å². The van der Waals surface area contributed by atoms with Gasteiger partial charge in [0.25, 0.3) is 11.8 Å². The number of amides is 2. The van der Waals surface area contributed by atoms with Gasteiger partial charge in [0.2, 0.25) is 0 Å². The molecule has 0 aromatic rings. The summed E-state index contributed by atoms with van der Waals surface area (Å²) in [7, 11) is 0. The van der Waals surface area contributed by atoms with Crippen LogP contribution in [0.3, 0.4) is 0 Å². The standard InChI is InChI=1S/C6H7NO3S/c1-4(11)10-7-5(8)2-3-6(7)9/h2-3H2,1H3. The summed E-state index contributed by atoms with van der Waals surface area (Å²) in [6.45, 7) is 1.51. The van der Waals surface area contributed by atoms with Gasteiger partial charge in [-0.1, -0.05) is 0 Å². The summed E-state index contributed by atoms with van der Waals surface area (Å²) in [5.41, 5.74) is 0. The van der Waals surface area contributed by atoms with Gasteiger partial charge < -0.3 is 4.84 Å². The maximum absolute atomic E-state index is 10.8. The molecular weight excluding hydrogens is 166 g/mol. The molecular formula is C6H7NO3S. The van der Waals surface area contributed by atoms with Gasteiger partial charge in [0.05, 0.1) is 0 Å². The lowest BCUT2D eigenvalue weighted by Crippen LogP contribution is -2.30. The zero-order chi connectivity index (χ0) is 8.43. The Morgan fingerprint density at radius 2 is 1.91 bits per heavy atom. The van der Waals surface area contributed by atoms with Crippen LogP contribution in [0.15, 0.2) is 0 Å². The van der Waals surface area contributed by atoms with Gasteiger partial charge in [0.1, 0.15) is 0 Å². The lowest BCUT2D eigenvalue weighted by Gasteiger charge is -2.11. The van der Waals surface area contributed by atoms with Gasteiger partial charge in [-0.3, -0.25) is 9.59 Å². The number of nitrogens with zero attached hydrogens (tertiary/aromatic N) is 1. The van der Waals surface area contributed by atoms with Gasteiger partial charge in [-0.05, 0) is 12.2 Å². The monoisotopic (exact) mass is 173 g/mol. The third kappa shape index (κ3) is 1.74. The van der Waals surface area contributed by atoms with Crippen LogP contribution < -0.4 is 0 Å². The van der Waals surface area contributed by atoms with Crippen LogP contribution in [-0.2, 0) is 14.4 Å². The molecule has 1 saturated heterocycles. The molecule has 4 nitrogen and oxygen atoms in total. The lowest BCUT2D eigenvalue weighted by molar-refractivity contribution is -0.166. The molecule has 0 N–H and O–H groups in total. The highest BCUT2D eigenvalue weighted by molar-refractivity contribution is 7.80. The number of hydrogen-bond acceptors (Lipinski definition) is 4. The molecule has 5 heteroatoms. The minimum Gasteiger partial charge on any atom is -0.362 e. The first-order chi connectivity index (χ1) is 5.11. The quantitative estimate of drug-likeness (QED) is 0.425. The highest BCUT2D eigenvalue weighted by atomic mass is 32.1. The molecule has 0 spiro atoms. The lowest BCUT2D eigenvalue weighted by atomic mass is 10.4. The molecule has 1 fully saturated rings. The first-order valence-electron chi connectivity index (χ1n) is 3.15. The SMILES string of the molecule is CC(=S)ON1C(=O)CCC1=O. The Balaban J connectivity index is 2.62. The van der Waals surface area contributed by atoms with Crippen molar-refractivity contribution in [3.8, 4) is 0 Å². The van der Waals surface area contributed by atoms with E-state index in [1.807, 2.05) is 0 Å². The van der Waals surface area contributed by atoms with E-state index < -0.39 is 0 Å². The van der Waals surface area contributed by atoms with Crippen LogP contribution in [-0.4, -0.2) is 21.9 Å². The molecule has 0 aromatic heterocycles. The first-order valence-corrected chi connectivity index (χ1v) is 3.56. The van der Waals surface area contributed by atoms with Crippen molar-refractivity contribution < 1.29 is 14.4 Å². The van der Waals surface area contributed by atoms with E-state index in [-0.39, 0.29) is 29.7 Å². The molecule has 0 aliphatic carbocycles. The van der Waals surface area contributed by atoms with Crippen molar-refractivity contribution >= 4 is 29.1 Å². The molecule has 1 aliphatic rings. The summed E-state index contributed by atoms with van der Waals surface area (Å²) in [5, 5.41) is 0.899. The van der Waals surface area contributed by atoms with E-state index in [4.69, 9.17) is 4.84 Å². The van der Waals surface area contributed by atoms with Crippen molar-refractivity contribution in [1.82, 2.24) is 5.06 Å². The minimum atomic E-state index is -0.320. The molecule has 0 saturated carbocycles. The predicted molar refractivity (Wildman–Crippen MR) is 40.4 cm³/mol. The summed E-state index contributed by atoms with van der Waals surface area (Å²) in [5.74, 6) is -0.640. The number of rotatable bonds is 1. The molecule has 0 atom stereocenters. The van der Waals surface area contributed by atoms with Gasteiger partial charge in [0, 0.05) is 19.8 Å². The van der Waals surface area contributed by atoms with E-state index in [0.29, 0.717) is 0 Å². The van der Waals surface area contributed by atoms with Crippen molar-refractivity contribution in [3.63, 3.8) is 0 Å². The maximum Gasteiger partial charge on any atom is 0.263 e. The third-order valence-corrected chi connectivity index (χ3v) is 1.30. The first kappa shape index (κ1) is 8.13. The Morgan fingerprint density at radius 1 is 1.45 bits per heavy atom. The van der Waals surface area contributed by atoms with Crippen LogP contribution in [0, 0.1) is 0 Å². The highest BCUT2D eigenvalue weighted by Gasteiger charge is 2.31. The van der Waals surface area contributed by atoms with E-state index in [9.17, 15) is 9.59 Å². The Bertz CT molecular complexity index is 210. The van der Waals surface area contributed by atoms with Crippen molar-refractivity contribution in [1.29, 1.82) is 0 Å². The van der Waals surface area contributed by atoms with Crippen LogP contribution in [0.25, 0.3) is 0 Å². The topological polar surface area (TPSA) is 46.6 Å². The van der Waals surface area contributed by atoms with Crippen LogP contribution in [0.4, 0.5) is 0 Å². The van der Waals surface area contributed by atoms with Crippen molar-refractivity contribution in [2.75, 3.05) is 0 Å². The predicted octanol–water partition coefficient (Wildman–Crippen LogP) is 0.414. The number of hydroxylamine groups is 2. The Hall–Kier alpha value is -0.970. The second-order valence-corrected chi connectivity index (χ2v) is 2.74. The van der Waals surface area contributed by atoms with Crippen molar-refractivity contribution in [2.45, 2.75) is 19.8 Å². The molecule has 0 aromatic carbocycles. The molecule has 0 unspecified atom stereocenters. The summed E-state index contributed by atoms with van der Waals surface area (Å²) < 4.78 is 0. The second-order valence-electron chi connectivity index (χ2n) is 2.16. The smallest absolute Gasteiger partial charge is 0.263 e. The summed E-state index contributed by atoms with van der Waals surface area (Å²) in [6, 6.07) is 0. The Kier molecular flexibility index (Phi) is 2.19. The summed E-state index contributed by atoms with van der Waals surface area (Å²) in [6.07, 6.45) is 0.447. The maximum atomic E-state index is 10.8. The van der Waals surface area contributed by atoms with Gasteiger partial charge in [-0.2, -0.15) is 0 Å². The van der Waals surface area contributed by atoms with Crippen molar-refractivity contribution in [3.05, 3.63) is 0 Å². The van der Waals surface area contributed by atoms with Crippen LogP contribution in [0.1, 0.15) is 19.8 Å². The van der Waals surface area contributed by atoms with Crippen molar-refractivity contribution in [2.24, 2.45) is 0 Å². The zero-order valence-corrected chi connectivity index (χ0v) is 6.81. The Morgan fingerprint density at radius 3 is 2.27 bits per heavy atom. The van der Waals surface area contributed by atoms with Gasteiger partial charge >= 0.3 is 0 Å². The van der Waals surface area contributed by atoms with E-state index in [1.165, 1.54) is 6.92 Å². The molecule has 60 valence electrons. The fourth-order valence-corrected chi connectivity index (χ4v) is 0.861. The number of carbonyl (C=O) groups excluding carboxylic acids is 2. The third-order valence-electron chi connectivity index (χ3n) is 1.23. The van der Waals surface area contributed by atoms with Crippen LogP contribution in [0.5, 0.6) is 0 Å². The molecule has 11 heavy (non-hydrogen) atoms. The van der Waals surface area contributed by atoms with Crippen LogP contribution >= 0.6 is 12.2 Å². The normalized spacial score (nSPS) is 17.4. The summed E-state index contributed by atoms with van der Waals surface area (Å²) in [4.78, 5) is 26.4. The molecule has 1 heterocycles. The minimum absolute atomic E-state index is 0.175. The second kappa shape index (κ2) is 2.96. The highest BCUT2D eigenvalue weighted by Crippen LogP contribution is 2.11. The average Bonchev–Trinajstić information content (AvgIpc) is 2.18. The number of imide groups is 1. The van der Waals surface area contributed by atoms with Crippen LogP contribution in [0.2, 0.25) is 0 Å². The largest absolute Gasteiger partial charge is 0.362 e. The van der Waals surface area contributed by atoms with E-state index >= 15 is 0 Å². The number of thiocarbonyl (C=S) groups is 1. The van der Waals surface area contributed by atoms with Gasteiger partial charge in [0.15, 0.2) is 5.05 Å². The zero-order valence-electron chi connectivity index (χ0n) is 5.99.